The van der Waals surface area contributed by atoms with E-state index in [1.165, 1.54) is 0 Å². The SMILES string of the molecule is [O]c1c(Br)cc2oc(C(=O)c3ccccc3)cc2c1Br. The van der Waals surface area contributed by atoms with Crippen molar-refractivity contribution in [1.29, 1.82) is 0 Å². The Bertz CT molecular complexity index is 807. The fraction of sp³-hybridized carbons (Fsp3) is 0. The Morgan fingerprint density at radius 2 is 1.75 bits per heavy atom. The highest BCUT2D eigenvalue weighted by Gasteiger charge is 2.19. The fourth-order valence-corrected chi connectivity index (χ4v) is 3.13. The molecule has 0 N–H and O–H groups in total. The van der Waals surface area contributed by atoms with Crippen molar-refractivity contribution in [1.82, 2.24) is 0 Å². The molecule has 1 heterocycles. The van der Waals surface area contributed by atoms with E-state index < -0.39 is 0 Å². The van der Waals surface area contributed by atoms with Gasteiger partial charge in [0.15, 0.2) is 5.76 Å². The molecule has 0 aliphatic carbocycles. The van der Waals surface area contributed by atoms with Gasteiger partial charge in [0.2, 0.25) is 11.5 Å². The predicted octanol–water partition coefficient (Wildman–Crippen LogP) is 5.33. The fourth-order valence-electron chi connectivity index (χ4n) is 1.94. The lowest BCUT2D eigenvalue weighted by atomic mass is 10.1. The number of furan rings is 1. The molecule has 3 rings (SSSR count). The van der Waals surface area contributed by atoms with Crippen LogP contribution in [0.2, 0.25) is 0 Å². The third kappa shape index (κ3) is 2.17. The number of carbonyl (C=O) groups excluding carboxylic acids is 1. The van der Waals surface area contributed by atoms with Crippen LogP contribution in [0.15, 0.2) is 55.8 Å². The topological polar surface area (TPSA) is 50.1 Å². The van der Waals surface area contributed by atoms with E-state index in [2.05, 4.69) is 31.9 Å². The van der Waals surface area contributed by atoms with Crippen LogP contribution < -0.4 is 0 Å². The zero-order chi connectivity index (χ0) is 14.3. The molecular weight excluding hydrogens is 388 g/mol. The van der Waals surface area contributed by atoms with Crippen LogP contribution in [0.3, 0.4) is 0 Å². The van der Waals surface area contributed by atoms with Gasteiger partial charge in [-0.25, -0.2) is 0 Å². The highest BCUT2D eigenvalue weighted by Crippen LogP contribution is 2.40. The highest BCUT2D eigenvalue weighted by atomic mass is 79.9. The minimum atomic E-state index is -0.211. The summed E-state index contributed by atoms with van der Waals surface area (Å²) in [4.78, 5) is 12.3. The molecule has 0 saturated heterocycles. The molecule has 0 aliphatic rings. The van der Waals surface area contributed by atoms with Crippen molar-refractivity contribution in [3.63, 3.8) is 0 Å². The molecule has 5 heteroatoms. The normalized spacial score (nSPS) is 10.9. The molecule has 0 atom stereocenters. The minimum absolute atomic E-state index is 0.169. The van der Waals surface area contributed by atoms with Gasteiger partial charge in [0.1, 0.15) is 5.58 Å². The van der Waals surface area contributed by atoms with E-state index in [9.17, 15) is 9.90 Å². The van der Waals surface area contributed by atoms with Crippen molar-refractivity contribution in [3.05, 3.63) is 62.7 Å². The van der Waals surface area contributed by atoms with Crippen LogP contribution >= 0.6 is 31.9 Å². The van der Waals surface area contributed by atoms with Crippen LogP contribution in [0.5, 0.6) is 5.75 Å². The maximum Gasteiger partial charge on any atom is 0.228 e. The Morgan fingerprint density at radius 3 is 2.45 bits per heavy atom. The van der Waals surface area contributed by atoms with E-state index in [0.717, 1.165) is 0 Å². The molecule has 0 aliphatic heterocycles. The van der Waals surface area contributed by atoms with Crippen LogP contribution in [-0.2, 0) is 5.11 Å². The maximum absolute atomic E-state index is 12.3. The third-order valence-electron chi connectivity index (χ3n) is 2.93. The molecule has 1 aromatic heterocycles. The maximum atomic E-state index is 12.3. The molecular formula is C15H7Br2O3. The minimum Gasteiger partial charge on any atom is -0.452 e. The van der Waals surface area contributed by atoms with Crippen molar-refractivity contribution in [2.45, 2.75) is 0 Å². The largest absolute Gasteiger partial charge is 0.452 e. The molecule has 3 nitrogen and oxygen atoms in total. The summed E-state index contributed by atoms with van der Waals surface area (Å²) in [7, 11) is 0. The molecule has 99 valence electrons. The van der Waals surface area contributed by atoms with E-state index in [4.69, 9.17) is 4.42 Å². The van der Waals surface area contributed by atoms with Gasteiger partial charge >= 0.3 is 0 Å². The van der Waals surface area contributed by atoms with E-state index in [1.54, 1.807) is 36.4 Å². The van der Waals surface area contributed by atoms with Crippen molar-refractivity contribution < 1.29 is 14.3 Å². The van der Waals surface area contributed by atoms with Gasteiger partial charge in [-0.1, -0.05) is 30.3 Å². The van der Waals surface area contributed by atoms with Crippen LogP contribution in [-0.4, -0.2) is 5.78 Å². The van der Waals surface area contributed by atoms with Gasteiger partial charge < -0.3 is 4.42 Å². The Kier molecular flexibility index (Phi) is 3.40. The van der Waals surface area contributed by atoms with E-state index in [-0.39, 0.29) is 17.3 Å². The summed E-state index contributed by atoms with van der Waals surface area (Å²) in [6.45, 7) is 0. The lowest BCUT2D eigenvalue weighted by molar-refractivity contribution is 0.101. The first-order chi connectivity index (χ1) is 9.58. The summed E-state index contributed by atoms with van der Waals surface area (Å²) >= 11 is 6.41. The van der Waals surface area contributed by atoms with Gasteiger partial charge in [-0.15, -0.1) is 0 Å². The quantitative estimate of drug-likeness (QED) is 0.551. The van der Waals surface area contributed by atoms with E-state index in [1.807, 2.05) is 6.07 Å². The number of hydrogen-bond donors (Lipinski definition) is 0. The molecule has 0 bridgehead atoms. The zero-order valence-electron chi connectivity index (χ0n) is 10.0. The summed E-state index contributed by atoms with van der Waals surface area (Å²) in [5, 5.41) is 12.4. The number of benzene rings is 2. The Balaban J connectivity index is 2.15. The van der Waals surface area contributed by atoms with Gasteiger partial charge in [-0.05, 0) is 44.0 Å². The Labute approximate surface area is 131 Å². The molecule has 3 aromatic rings. The second-order valence-corrected chi connectivity index (χ2v) is 5.87. The molecule has 0 saturated carbocycles. The second-order valence-electron chi connectivity index (χ2n) is 4.22. The van der Waals surface area contributed by atoms with Crippen LogP contribution in [0, 0.1) is 0 Å². The van der Waals surface area contributed by atoms with Gasteiger partial charge in [0.05, 0.1) is 8.95 Å². The predicted molar refractivity (Wildman–Crippen MR) is 81.6 cm³/mol. The van der Waals surface area contributed by atoms with Gasteiger partial charge in [0.25, 0.3) is 0 Å². The summed E-state index contributed by atoms with van der Waals surface area (Å²) in [6, 6.07) is 12.0. The summed E-state index contributed by atoms with van der Waals surface area (Å²) in [5.41, 5.74) is 1.03. The molecule has 0 amide bonds. The summed E-state index contributed by atoms with van der Waals surface area (Å²) < 4.78 is 6.33. The van der Waals surface area contributed by atoms with Gasteiger partial charge in [0, 0.05) is 10.9 Å². The number of carbonyl (C=O) groups is 1. The van der Waals surface area contributed by atoms with E-state index >= 15 is 0 Å². The summed E-state index contributed by atoms with van der Waals surface area (Å²) in [5.74, 6) is -0.168. The molecule has 2 aromatic carbocycles. The number of ketones is 1. The Hall–Kier alpha value is -1.59. The van der Waals surface area contributed by atoms with E-state index in [0.29, 0.717) is 25.5 Å². The first-order valence-electron chi connectivity index (χ1n) is 5.76. The number of halogens is 2. The summed E-state index contributed by atoms with van der Waals surface area (Å²) in [6.07, 6.45) is 0. The van der Waals surface area contributed by atoms with Crippen molar-refractivity contribution >= 4 is 48.6 Å². The smallest absolute Gasteiger partial charge is 0.228 e. The lowest BCUT2D eigenvalue weighted by Crippen LogP contribution is -1.98. The van der Waals surface area contributed by atoms with Gasteiger partial charge in [-0.2, -0.15) is 0 Å². The average molecular weight is 395 g/mol. The zero-order valence-corrected chi connectivity index (χ0v) is 13.2. The number of rotatable bonds is 2. The first kappa shape index (κ1) is 13.4. The molecule has 0 unspecified atom stereocenters. The molecule has 1 radical (unpaired) electrons. The van der Waals surface area contributed by atoms with Crippen LogP contribution in [0.25, 0.3) is 11.0 Å². The van der Waals surface area contributed by atoms with Crippen LogP contribution in [0.1, 0.15) is 16.1 Å². The highest BCUT2D eigenvalue weighted by molar-refractivity contribution is 9.11. The van der Waals surface area contributed by atoms with Gasteiger partial charge in [-0.3, -0.25) is 9.90 Å². The Morgan fingerprint density at radius 1 is 1.05 bits per heavy atom. The average Bonchev–Trinajstić information content (AvgIpc) is 2.89. The third-order valence-corrected chi connectivity index (χ3v) is 4.31. The van der Waals surface area contributed by atoms with Crippen LogP contribution in [0.4, 0.5) is 0 Å². The lowest BCUT2D eigenvalue weighted by Gasteiger charge is -1.97. The molecule has 0 spiro atoms. The molecule has 20 heavy (non-hydrogen) atoms. The van der Waals surface area contributed by atoms with Crippen molar-refractivity contribution in [3.8, 4) is 5.75 Å². The number of fused-ring (bicyclic) bond motifs is 1. The molecule has 0 fully saturated rings. The monoisotopic (exact) mass is 393 g/mol. The van der Waals surface area contributed by atoms with Crippen molar-refractivity contribution in [2.75, 3.05) is 0 Å². The number of hydrogen-bond acceptors (Lipinski definition) is 2. The second kappa shape index (κ2) is 5.07. The first-order valence-corrected chi connectivity index (χ1v) is 7.35. The standard InChI is InChI=1S/C15H7Br2O3/c16-10-7-11-9(13(17)15(10)19)6-12(20-11)14(18)8-4-2-1-3-5-8/h1-7H. The van der Waals surface area contributed by atoms with Crippen molar-refractivity contribution in [2.24, 2.45) is 0 Å².